The van der Waals surface area contributed by atoms with Gasteiger partial charge in [-0.2, -0.15) is 0 Å². The molecule has 0 spiro atoms. The smallest absolute Gasteiger partial charge is 0.379 e. The third-order valence-electron chi connectivity index (χ3n) is 4.19. The standard InChI is InChI=1S/C21H14ClNO5/c1-26-19-10-12(4-7-17(19)28-21(25)18-3-2-8-27-18)9-15-14-11-13(22)5-6-16(14)23-20(15)24/h2-11H,1H3,(H,23,24)/b15-9+. The molecule has 28 heavy (non-hydrogen) atoms. The Balaban J connectivity index is 1.65. The zero-order valence-corrected chi connectivity index (χ0v) is 15.4. The van der Waals surface area contributed by atoms with Crippen LogP contribution in [0.2, 0.25) is 5.02 Å². The number of fused-ring (bicyclic) bond motifs is 1. The molecule has 0 saturated heterocycles. The molecule has 1 aliphatic heterocycles. The van der Waals surface area contributed by atoms with Gasteiger partial charge in [-0.15, -0.1) is 0 Å². The van der Waals surface area contributed by atoms with Crippen LogP contribution in [0.25, 0.3) is 11.6 Å². The molecule has 0 bridgehead atoms. The summed E-state index contributed by atoms with van der Waals surface area (Å²) in [4.78, 5) is 24.4. The molecule has 2 aromatic carbocycles. The highest BCUT2D eigenvalue weighted by Crippen LogP contribution is 2.36. The van der Waals surface area contributed by atoms with E-state index in [1.54, 1.807) is 48.5 Å². The maximum atomic E-state index is 12.3. The predicted molar refractivity (Wildman–Crippen MR) is 105 cm³/mol. The topological polar surface area (TPSA) is 77.8 Å². The Morgan fingerprint density at radius 1 is 1.14 bits per heavy atom. The SMILES string of the molecule is COc1cc(/C=C2/C(=O)Nc3ccc(Cl)cc32)ccc1OC(=O)c1ccco1. The number of amides is 1. The molecule has 0 radical (unpaired) electrons. The molecule has 1 aromatic heterocycles. The lowest BCUT2D eigenvalue weighted by molar-refractivity contribution is -0.110. The van der Waals surface area contributed by atoms with Crippen LogP contribution in [0, 0.1) is 0 Å². The Morgan fingerprint density at radius 3 is 2.75 bits per heavy atom. The second-order valence-electron chi connectivity index (χ2n) is 5.98. The number of methoxy groups -OCH3 is 1. The molecule has 0 atom stereocenters. The number of rotatable bonds is 4. The van der Waals surface area contributed by atoms with Crippen LogP contribution in [0.5, 0.6) is 11.5 Å². The van der Waals surface area contributed by atoms with Crippen LogP contribution in [-0.4, -0.2) is 19.0 Å². The van der Waals surface area contributed by atoms with Crippen LogP contribution < -0.4 is 14.8 Å². The molecule has 0 aliphatic carbocycles. The highest BCUT2D eigenvalue weighted by atomic mass is 35.5. The van der Waals surface area contributed by atoms with Crippen molar-refractivity contribution in [3.05, 3.63) is 76.7 Å². The Hall–Kier alpha value is -3.51. The molecule has 0 fully saturated rings. The normalized spacial score (nSPS) is 13.9. The minimum atomic E-state index is -0.631. The molecule has 1 aliphatic rings. The second-order valence-corrected chi connectivity index (χ2v) is 6.42. The number of anilines is 1. The zero-order valence-electron chi connectivity index (χ0n) is 14.7. The number of hydrogen-bond acceptors (Lipinski definition) is 5. The minimum absolute atomic E-state index is 0.0874. The molecule has 140 valence electrons. The maximum Gasteiger partial charge on any atom is 0.379 e. The van der Waals surface area contributed by atoms with Gasteiger partial charge in [0, 0.05) is 21.8 Å². The summed E-state index contributed by atoms with van der Waals surface area (Å²) in [5, 5.41) is 3.34. The predicted octanol–water partition coefficient (Wildman–Crippen LogP) is 4.65. The van der Waals surface area contributed by atoms with Gasteiger partial charge in [0.25, 0.3) is 5.91 Å². The van der Waals surface area contributed by atoms with E-state index in [4.69, 9.17) is 25.5 Å². The van der Waals surface area contributed by atoms with Crippen molar-refractivity contribution < 1.29 is 23.5 Å². The van der Waals surface area contributed by atoms with Crippen LogP contribution >= 0.6 is 11.6 Å². The van der Waals surface area contributed by atoms with Crippen LogP contribution in [-0.2, 0) is 4.79 Å². The number of carbonyl (C=O) groups excluding carboxylic acids is 2. The van der Waals surface area contributed by atoms with Crippen LogP contribution in [0.3, 0.4) is 0 Å². The summed E-state index contributed by atoms with van der Waals surface area (Å²) < 4.78 is 15.7. The van der Waals surface area contributed by atoms with Gasteiger partial charge in [0.1, 0.15) is 0 Å². The van der Waals surface area contributed by atoms with E-state index in [9.17, 15) is 9.59 Å². The van der Waals surface area contributed by atoms with E-state index in [-0.39, 0.29) is 17.4 Å². The maximum absolute atomic E-state index is 12.3. The zero-order chi connectivity index (χ0) is 19.7. The fraction of sp³-hybridized carbons (Fsp3) is 0.0476. The molecule has 4 rings (SSSR count). The second kappa shape index (κ2) is 7.25. The van der Waals surface area contributed by atoms with Gasteiger partial charge in [0.2, 0.25) is 5.76 Å². The van der Waals surface area contributed by atoms with Crippen LogP contribution in [0.1, 0.15) is 21.7 Å². The number of benzene rings is 2. The number of carbonyl (C=O) groups is 2. The molecule has 6 nitrogen and oxygen atoms in total. The van der Waals surface area contributed by atoms with E-state index < -0.39 is 5.97 Å². The quantitative estimate of drug-likeness (QED) is 0.395. The van der Waals surface area contributed by atoms with Crippen molar-refractivity contribution in [3.63, 3.8) is 0 Å². The average Bonchev–Trinajstić information content (AvgIpc) is 3.32. The number of halogens is 1. The van der Waals surface area contributed by atoms with Crippen molar-refractivity contribution >= 4 is 40.8 Å². The van der Waals surface area contributed by atoms with Crippen molar-refractivity contribution in [1.82, 2.24) is 0 Å². The molecular formula is C21H14ClNO5. The lowest BCUT2D eigenvalue weighted by atomic mass is 10.0. The minimum Gasteiger partial charge on any atom is -0.493 e. The average molecular weight is 396 g/mol. The highest BCUT2D eigenvalue weighted by Gasteiger charge is 2.24. The van der Waals surface area contributed by atoms with Crippen molar-refractivity contribution in [2.24, 2.45) is 0 Å². The molecule has 2 heterocycles. The van der Waals surface area contributed by atoms with E-state index in [1.165, 1.54) is 19.4 Å². The molecule has 3 aromatic rings. The molecule has 7 heteroatoms. The summed E-state index contributed by atoms with van der Waals surface area (Å²) in [6.07, 6.45) is 3.11. The van der Waals surface area contributed by atoms with Crippen LogP contribution in [0.4, 0.5) is 5.69 Å². The van der Waals surface area contributed by atoms with Gasteiger partial charge in [-0.05, 0) is 54.1 Å². The molecule has 1 N–H and O–H groups in total. The van der Waals surface area contributed by atoms with E-state index in [0.717, 1.165) is 5.56 Å². The summed E-state index contributed by atoms with van der Waals surface area (Å²) >= 11 is 6.06. The fourth-order valence-electron chi connectivity index (χ4n) is 2.87. The summed E-state index contributed by atoms with van der Waals surface area (Å²) in [5.74, 6) is -0.175. The first kappa shape index (κ1) is 17.9. The lowest BCUT2D eigenvalue weighted by Crippen LogP contribution is -2.08. The van der Waals surface area contributed by atoms with Crippen molar-refractivity contribution in [2.45, 2.75) is 0 Å². The number of esters is 1. The van der Waals surface area contributed by atoms with E-state index in [2.05, 4.69) is 5.32 Å². The van der Waals surface area contributed by atoms with Gasteiger partial charge in [-0.3, -0.25) is 4.79 Å². The number of hydrogen-bond donors (Lipinski definition) is 1. The molecule has 0 saturated carbocycles. The van der Waals surface area contributed by atoms with Crippen molar-refractivity contribution in [3.8, 4) is 11.5 Å². The Morgan fingerprint density at radius 2 is 2.00 bits per heavy atom. The fourth-order valence-corrected chi connectivity index (χ4v) is 3.05. The molecule has 1 amide bonds. The first-order chi connectivity index (χ1) is 13.5. The monoisotopic (exact) mass is 395 g/mol. The molecule has 0 unspecified atom stereocenters. The van der Waals surface area contributed by atoms with E-state index >= 15 is 0 Å². The first-order valence-electron chi connectivity index (χ1n) is 8.32. The van der Waals surface area contributed by atoms with Crippen LogP contribution in [0.15, 0.2) is 59.2 Å². The number of furan rings is 1. The summed E-state index contributed by atoms with van der Waals surface area (Å²) in [6, 6.07) is 13.3. The van der Waals surface area contributed by atoms with E-state index in [1.807, 2.05) is 0 Å². The van der Waals surface area contributed by atoms with E-state index in [0.29, 0.717) is 27.6 Å². The van der Waals surface area contributed by atoms with Gasteiger partial charge in [0.05, 0.1) is 13.4 Å². The van der Waals surface area contributed by atoms with Crippen molar-refractivity contribution in [2.75, 3.05) is 12.4 Å². The first-order valence-corrected chi connectivity index (χ1v) is 8.69. The summed E-state index contributed by atoms with van der Waals surface area (Å²) in [5.41, 5.74) is 2.62. The third kappa shape index (κ3) is 3.37. The van der Waals surface area contributed by atoms with Crippen molar-refractivity contribution in [1.29, 1.82) is 0 Å². The Labute approximate surface area is 165 Å². The van der Waals surface area contributed by atoms with Gasteiger partial charge >= 0.3 is 5.97 Å². The third-order valence-corrected chi connectivity index (χ3v) is 4.42. The molecular weight excluding hydrogens is 382 g/mol. The van der Waals surface area contributed by atoms with Gasteiger partial charge in [-0.1, -0.05) is 17.7 Å². The highest BCUT2D eigenvalue weighted by molar-refractivity contribution is 6.36. The number of nitrogens with one attached hydrogen (secondary N) is 1. The van der Waals surface area contributed by atoms with Gasteiger partial charge in [0.15, 0.2) is 11.5 Å². The summed E-state index contributed by atoms with van der Waals surface area (Å²) in [7, 11) is 1.47. The van der Waals surface area contributed by atoms with Gasteiger partial charge < -0.3 is 19.2 Å². The Bertz CT molecular complexity index is 1100. The summed E-state index contributed by atoms with van der Waals surface area (Å²) in [6.45, 7) is 0. The number of ether oxygens (including phenoxy) is 2. The lowest BCUT2D eigenvalue weighted by Gasteiger charge is -2.09. The Kier molecular flexibility index (Phi) is 4.63. The largest absolute Gasteiger partial charge is 0.493 e. The van der Waals surface area contributed by atoms with Gasteiger partial charge in [-0.25, -0.2) is 4.79 Å².